The van der Waals surface area contributed by atoms with Gasteiger partial charge in [-0.1, -0.05) is 48.5 Å². The highest BCUT2D eigenvalue weighted by Crippen LogP contribution is 2.17. The molecule has 1 N–H and O–H groups in total. The minimum atomic E-state index is -0.306. The van der Waals surface area contributed by atoms with Crippen LogP contribution in [0.2, 0.25) is 0 Å². The normalized spacial score (nSPS) is 13.4. The molecule has 1 saturated heterocycles. The first-order chi connectivity index (χ1) is 16.7. The van der Waals surface area contributed by atoms with Crippen LogP contribution < -0.4 is 15.0 Å². The first kappa shape index (κ1) is 23.3. The summed E-state index contributed by atoms with van der Waals surface area (Å²) in [5, 5.41) is 2.77. The highest BCUT2D eigenvalue weighted by Gasteiger charge is 2.21. The molecule has 0 bridgehead atoms. The van der Waals surface area contributed by atoms with Crippen molar-refractivity contribution in [2.24, 2.45) is 0 Å². The van der Waals surface area contributed by atoms with Crippen LogP contribution >= 0.6 is 0 Å². The molecule has 0 unspecified atom stereocenters. The largest absolute Gasteiger partial charge is 0.489 e. The minimum absolute atomic E-state index is 0.0968. The van der Waals surface area contributed by atoms with Crippen LogP contribution in [0, 0.1) is 0 Å². The van der Waals surface area contributed by atoms with E-state index in [0.717, 1.165) is 24.4 Å². The Morgan fingerprint density at radius 2 is 1.41 bits per heavy atom. The third kappa shape index (κ3) is 6.83. The van der Waals surface area contributed by atoms with E-state index in [1.807, 2.05) is 48.5 Å². The van der Waals surface area contributed by atoms with Gasteiger partial charge in [-0.15, -0.1) is 0 Å². The van der Waals surface area contributed by atoms with Gasteiger partial charge >= 0.3 is 0 Å². The topological polar surface area (TPSA) is 71.1 Å². The van der Waals surface area contributed by atoms with Crippen molar-refractivity contribution in [1.82, 2.24) is 4.90 Å². The van der Waals surface area contributed by atoms with Gasteiger partial charge in [-0.3, -0.25) is 9.59 Å². The van der Waals surface area contributed by atoms with Crippen LogP contribution in [-0.4, -0.2) is 56.1 Å². The number of rotatable bonds is 9. The van der Waals surface area contributed by atoms with Gasteiger partial charge in [0.05, 0.1) is 0 Å². The summed E-state index contributed by atoms with van der Waals surface area (Å²) in [7, 11) is 0. The molecule has 1 aliphatic heterocycles. The van der Waals surface area contributed by atoms with Crippen molar-refractivity contribution >= 4 is 23.2 Å². The zero-order chi connectivity index (χ0) is 23.6. The van der Waals surface area contributed by atoms with Crippen molar-refractivity contribution < 1.29 is 19.1 Å². The molecule has 1 aliphatic rings. The molecular formula is C27H29N3O4. The van der Waals surface area contributed by atoms with Crippen molar-refractivity contribution in [3.8, 4) is 5.75 Å². The van der Waals surface area contributed by atoms with E-state index in [1.165, 1.54) is 5.69 Å². The number of carbonyl (C=O) groups is 2. The fourth-order valence-corrected chi connectivity index (χ4v) is 3.75. The van der Waals surface area contributed by atoms with Crippen LogP contribution in [0.1, 0.15) is 5.56 Å². The first-order valence-electron chi connectivity index (χ1n) is 11.4. The molecule has 1 heterocycles. The lowest BCUT2D eigenvalue weighted by molar-refractivity contribution is -0.137. The van der Waals surface area contributed by atoms with E-state index in [0.29, 0.717) is 25.4 Å². The molecular weight excluding hydrogens is 430 g/mol. The lowest BCUT2D eigenvalue weighted by atomic mass is 10.2. The third-order valence-corrected chi connectivity index (χ3v) is 5.60. The quantitative estimate of drug-likeness (QED) is 0.530. The summed E-state index contributed by atoms with van der Waals surface area (Å²) in [6.07, 6.45) is 0. The van der Waals surface area contributed by atoms with Crippen molar-refractivity contribution in [2.45, 2.75) is 6.61 Å². The van der Waals surface area contributed by atoms with Gasteiger partial charge in [-0.05, 0) is 42.0 Å². The Morgan fingerprint density at radius 3 is 2.09 bits per heavy atom. The third-order valence-electron chi connectivity index (χ3n) is 5.60. The van der Waals surface area contributed by atoms with Crippen molar-refractivity contribution in [1.29, 1.82) is 0 Å². The average molecular weight is 460 g/mol. The summed E-state index contributed by atoms with van der Waals surface area (Å²) in [4.78, 5) is 28.6. The number of piperazine rings is 1. The Kier molecular flexibility index (Phi) is 8.13. The molecule has 1 fully saturated rings. The number of hydrogen-bond acceptors (Lipinski definition) is 5. The number of anilines is 2. The second-order valence-electron chi connectivity index (χ2n) is 8.04. The van der Waals surface area contributed by atoms with Crippen LogP contribution in [0.25, 0.3) is 0 Å². The molecule has 3 aromatic carbocycles. The van der Waals surface area contributed by atoms with Gasteiger partial charge in [0.15, 0.2) is 0 Å². The first-order valence-corrected chi connectivity index (χ1v) is 11.4. The summed E-state index contributed by atoms with van der Waals surface area (Å²) in [6, 6.07) is 27.2. The Balaban J connectivity index is 1.13. The molecule has 2 amide bonds. The van der Waals surface area contributed by atoms with Crippen LogP contribution in [0.3, 0.4) is 0 Å². The molecule has 0 aromatic heterocycles. The number of para-hydroxylation sites is 1. The fourth-order valence-electron chi connectivity index (χ4n) is 3.75. The van der Waals surface area contributed by atoms with Crippen molar-refractivity contribution in [3.63, 3.8) is 0 Å². The lowest BCUT2D eigenvalue weighted by Gasteiger charge is -2.36. The summed E-state index contributed by atoms with van der Waals surface area (Å²) in [5.74, 6) is 0.316. The number of carbonyl (C=O) groups excluding carboxylic acids is 2. The van der Waals surface area contributed by atoms with E-state index < -0.39 is 0 Å². The summed E-state index contributed by atoms with van der Waals surface area (Å²) >= 11 is 0. The number of nitrogens with zero attached hydrogens (tertiary/aromatic N) is 2. The van der Waals surface area contributed by atoms with Crippen LogP contribution in [0.4, 0.5) is 11.4 Å². The van der Waals surface area contributed by atoms with E-state index in [1.54, 1.807) is 29.2 Å². The number of benzene rings is 3. The summed E-state index contributed by atoms with van der Waals surface area (Å²) in [5.41, 5.74) is 2.90. The van der Waals surface area contributed by atoms with E-state index in [2.05, 4.69) is 22.3 Å². The number of hydrogen-bond donors (Lipinski definition) is 1. The van der Waals surface area contributed by atoms with Gasteiger partial charge in [-0.25, -0.2) is 0 Å². The van der Waals surface area contributed by atoms with Crippen molar-refractivity contribution in [2.75, 3.05) is 49.6 Å². The van der Waals surface area contributed by atoms with Gasteiger partial charge in [0.2, 0.25) is 11.8 Å². The zero-order valence-corrected chi connectivity index (χ0v) is 19.1. The van der Waals surface area contributed by atoms with E-state index >= 15 is 0 Å². The van der Waals surface area contributed by atoms with E-state index in [-0.39, 0.29) is 25.0 Å². The van der Waals surface area contributed by atoms with Crippen LogP contribution in [-0.2, 0) is 20.9 Å². The highest BCUT2D eigenvalue weighted by molar-refractivity contribution is 5.92. The van der Waals surface area contributed by atoms with Gasteiger partial charge < -0.3 is 24.6 Å². The molecule has 4 rings (SSSR count). The molecule has 0 aliphatic carbocycles. The second-order valence-corrected chi connectivity index (χ2v) is 8.04. The lowest BCUT2D eigenvalue weighted by Crippen LogP contribution is -2.49. The van der Waals surface area contributed by atoms with Gasteiger partial charge in [0, 0.05) is 37.6 Å². The monoisotopic (exact) mass is 459 g/mol. The van der Waals surface area contributed by atoms with Gasteiger partial charge in [0.25, 0.3) is 0 Å². The molecule has 7 nitrogen and oxygen atoms in total. The van der Waals surface area contributed by atoms with Crippen LogP contribution in [0.15, 0.2) is 84.9 Å². The van der Waals surface area contributed by atoms with E-state index in [4.69, 9.17) is 9.47 Å². The number of ether oxygens (including phenoxy) is 2. The molecule has 7 heteroatoms. The standard InChI is InChI=1S/C27H29N3O4/c31-26(28-23-11-13-25(14-12-23)34-19-22-7-3-1-4-8-22)20-33-21-27(32)30-17-15-29(16-18-30)24-9-5-2-6-10-24/h1-14H,15-21H2,(H,28,31). The number of nitrogens with one attached hydrogen (secondary N) is 1. The van der Waals surface area contributed by atoms with Gasteiger partial charge in [0.1, 0.15) is 25.6 Å². The molecule has 3 aromatic rings. The SMILES string of the molecule is O=C(COCC(=O)N1CCN(c2ccccc2)CC1)Nc1ccc(OCc2ccccc2)cc1. The summed E-state index contributed by atoms with van der Waals surface area (Å²) < 4.78 is 11.1. The molecule has 176 valence electrons. The molecule has 0 saturated carbocycles. The predicted octanol–water partition coefficient (Wildman–Crippen LogP) is 3.57. The molecule has 0 atom stereocenters. The smallest absolute Gasteiger partial charge is 0.250 e. The van der Waals surface area contributed by atoms with Crippen LogP contribution in [0.5, 0.6) is 5.75 Å². The van der Waals surface area contributed by atoms with Gasteiger partial charge in [-0.2, -0.15) is 0 Å². The number of amides is 2. The molecule has 0 spiro atoms. The molecule has 34 heavy (non-hydrogen) atoms. The zero-order valence-electron chi connectivity index (χ0n) is 19.1. The maximum Gasteiger partial charge on any atom is 0.250 e. The Hall–Kier alpha value is -3.84. The Bertz CT molecular complexity index is 1050. The fraction of sp³-hybridized carbons (Fsp3) is 0.259. The maximum atomic E-state index is 12.4. The Labute approximate surface area is 199 Å². The Morgan fingerprint density at radius 1 is 0.765 bits per heavy atom. The summed E-state index contributed by atoms with van der Waals surface area (Å²) in [6.45, 7) is 3.04. The second kappa shape index (κ2) is 11.9. The molecule has 0 radical (unpaired) electrons. The van der Waals surface area contributed by atoms with Crippen molar-refractivity contribution in [3.05, 3.63) is 90.5 Å². The van der Waals surface area contributed by atoms with E-state index in [9.17, 15) is 9.59 Å². The minimum Gasteiger partial charge on any atom is -0.489 e. The highest BCUT2D eigenvalue weighted by atomic mass is 16.5. The average Bonchev–Trinajstić information content (AvgIpc) is 2.89. The maximum absolute atomic E-state index is 12.4. The predicted molar refractivity (Wildman–Crippen MR) is 132 cm³/mol.